The van der Waals surface area contributed by atoms with Crippen molar-refractivity contribution in [2.45, 2.75) is 26.4 Å². The second-order valence-corrected chi connectivity index (χ2v) is 5.16. The lowest BCUT2D eigenvalue weighted by atomic mass is 10.1. The molecule has 3 heteroatoms. The number of aryl methyl sites for hydroxylation is 1. The molecule has 0 unspecified atom stereocenters. The number of fused-ring (bicyclic) bond motifs is 1. The van der Waals surface area contributed by atoms with E-state index in [-0.39, 0.29) is 5.60 Å². The summed E-state index contributed by atoms with van der Waals surface area (Å²) in [5.74, 6) is 0.929. The van der Waals surface area contributed by atoms with Crippen molar-refractivity contribution < 1.29 is 4.74 Å². The highest BCUT2D eigenvalue weighted by molar-refractivity contribution is 5.81. The number of anilines is 1. The van der Waals surface area contributed by atoms with E-state index in [9.17, 15) is 0 Å². The van der Waals surface area contributed by atoms with Crippen molar-refractivity contribution >= 4 is 16.7 Å². The Balaban J connectivity index is 2.25. The Hall–Kier alpha value is -1.61. The quantitative estimate of drug-likeness (QED) is 0.895. The number of hydrogen-bond acceptors (Lipinski definition) is 3. The lowest BCUT2D eigenvalue weighted by Gasteiger charge is -2.24. The molecule has 0 aliphatic carbocycles. The van der Waals surface area contributed by atoms with Crippen LogP contribution in [0.25, 0.3) is 10.9 Å². The maximum Gasteiger partial charge on any atom is 0.129 e. The number of aromatic nitrogens is 1. The van der Waals surface area contributed by atoms with Gasteiger partial charge in [0, 0.05) is 19.0 Å². The van der Waals surface area contributed by atoms with Gasteiger partial charge in [0.05, 0.1) is 11.1 Å². The maximum atomic E-state index is 5.40. The second kappa shape index (κ2) is 4.94. The van der Waals surface area contributed by atoms with Gasteiger partial charge >= 0.3 is 0 Å². The van der Waals surface area contributed by atoms with Crippen molar-refractivity contribution in [2.24, 2.45) is 0 Å². The van der Waals surface area contributed by atoms with Crippen LogP contribution in [0.3, 0.4) is 0 Å². The zero-order valence-corrected chi connectivity index (χ0v) is 11.4. The average molecular weight is 244 g/mol. The first-order chi connectivity index (χ1) is 8.52. The van der Waals surface area contributed by atoms with E-state index in [0.717, 1.165) is 23.4 Å². The molecule has 1 N–H and O–H groups in total. The van der Waals surface area contributed by atoms with Gasteiger partial charge < -0.3 is 10.1 Å². The van der Waals surface area contributed by atoms with Gasteiger partial charge in [0.25, 0.3) is 0 Å². The predicted molar refractivity (Wildman–Crippen MR) is 76.1 cm³/mol. The van der Waals surface area contributed by atoms with Crippen LogP contribution in [0.1, 0.15) is 19.4 Å². The summed E-state index contributed by atoms with van der Waals surface area (Å²) in [6, 6.07) is 10.3. The number of nitrogens with zero attached hydrogens (tertiary/aromatic N) is 1. The van der Waals surface area contributed by atoms with Gasteiger partial charge in [-0.1, -0.05) is 18.2 Å². The Morgan fingerprint density at radius 3 is 2.72 bits per heavy atom. The normalized spacial score (nSPS) is 11.8. The molecular formula is C15H20N2O. The molecule has 1 aromatic carbocycles. The number of para-hydroxylation sites is 1. The van der Waals surface area contributed by atoms with Crippen molar-refractivity contribution in [1.82, 2.24) is 4.98 Å². The van der Waals surface area contributed by atoms with E-state index in [1.54, 1.807) is 7.11 Å². The summed E-state index contributed by atoms with van der Waals surface area (Å²) in [7, 11) is 1.72. The van der Waals surface area contributed by atoms with E-state index < -0.39 is 0 Å². The number of hydrogen-bond donors (Lipinski definition) is 1. The summed E-state index contributed by atoms with van der Waals surface area (Å²) in [6.07, 6.45) is 0. The van der Waals surface area contributed by atoms with Crippen molar-refractivity contribution in [3.05, 3.63) is 35.9 Å². The average Bonchev–Trinajstić information content (AvgIpc) is 2.36. The Morgan fingerprint density at radius 2 is 2.00 bits per heavy atom. The van der Waals surface area contributed by atoms with Gasteiger partial charge in [0.15, 0.2) is 0 Å². The van der Waals surface area contributed by atoms with Gasteiger partial charge in [-0.3, -0.25) is 0 Å². The number of methoxy groups -OCH3 is 1. The van der Waals surface area contributed by atoms with Gasteiger partial charge in [-0.15, -0.1) is 0 Å². The van der Waals surface area contributed by atoms with Crippen molar-refractivity contribution in [3.63, 3.8) is 0 Å². The summed E-state index contributed by atoms with van der Waals surface area (Å²) < 4.78 is 5.40. The molecule has 2 rings (SSSR count). The monoisotopic (exact) mass is 244 g/mol. The van der Waals surface area contributed by atoms with Crippen molar-refractivity contribution in [3.8, 4) is 0 Å². The smallest absolute Gasteiger partial charge is 0.129 e. The first-order valence-corrected chi connectivity index (χ1v) is 6.17. The Labute approximate surface area is 108 Å². The molecule has 1 heterocycles. The topological polar surface area (TPSA) is 34.1 Å². The van der Waals surface area contributed by atoms with Gasteiger partial charge in [-0.2, -0.15) is 0 Å². The molecule has 0 spiro atoms. The van der Waals surface area contributed by atoms with Crippen LogP contribution in [0.4, 0.5) is 5.82 Å². The minimum atomic E-state index is -0.195. The fraction of sp³-hybridized carbons (Fsp3) is 0.400. The molecule has 1 aromatic heterocycles. The van der Waals surface area contributed by atoms with E-state index >= 15 is 0 Å². The Bertz CT molecular complexity index is 549. The highest BCUT2D eigenvalue weighted by Crippen LogP contribution is 2.20. The van der Waals surface area contributed by atoms with Gasteiger partial charge in [0.2, 0.25) is 0 Å². The third-order valence-corrected chi connectivity index (χ3v) is 3.15. The van der Waals surface area contributed by atoms with Crippen LogP contribution >= 0.6 is 0 Å². The maximum absolute atomic E-state index is 5.40. The van der Waals surface area contributed by atoms with Gasteiger partial charge in [-0.25, -0.2) is 4.98 Å². The first kappa shape index (κ1) is 12.8. The van der Waals surface area contributed by atoms with E-state index in [1.165, 1.54) is 5.39 Å². The van der Waals surface area contributed by atoms with Crippen molar-refractivity contribution in [2.75, 3.05) is 19.0 Å². The fourth-order valence-electron chi connectivity index (χ4n) is 1.77. The summed E-state index contributed by atoms with van der Waals surface area (Å²) in [5, 5.41) is 4.53. The highest BCUT2D eigenvalue weighted by Gasteiger charge is 2.16. The highest BCUT2D eigenvalue weighted by atomic mass is 16.5. The second-order valence-electron chi connectivity index (χ2n) is 5.16. The summed E-state index contributed by atoms with van der Waals surface area (Å²) in [6.45, 7) is 6.91. The molecule has 0 saturated heterocycles. The van der Waals surface area contributed by atoms with Crippen LogP contribution < -0.4 is 5.32 Å². The molecule has 0 fully saturated rings. The number of rotatable bonds is 4. The third kappa shape index (κ3) is 2.79. The van der Waals surface area contributed by atoms with E-state index in [1.807, 2.05) is 18.2 Å². The van der Waals surface area contributed by atoms with Gasteiger partial charge in [0.1, 0.15) is 5.82 Å². The number of ether oxygens (including phenoxy) is 1. The molecule has 0 amide bonds. The zero-order valence-electron chi connectivity index (χ0n) is 11.4. The molecule has 18 heavy (non-hydrogen) atoms. The van der Waals surface area contributed by atoms with Crippen molar-refractivity contribution in [1.29, 1.82) is 0 Å². The van der Waals surface area contributed by atoms with E-state index in [4.69, 9.17) is 4.74 Å². The standard InChI is InChI=1S/C15H20N2O/c1-11-9-12-7-5-6-8-13(12)17-14(11)16-10-15(2,3)18-4/h5-9H,10H2,1-4H3,(H,16,17). The summed E-state index contributed by atoms with van der Waals surface area (Å²) >= 11 is 0. The van der Waals surface area contributed by atoms with Crippen LogP contribution in [-0.4, -0.2) is 24.2 Å². The lowest BCUT2D eigenvalue weighted by Crippen LogP contribution is -2.32. The molecule has 0 saturated carbocycles. The molecular weight excluding hydrogens is 224 g/mol. The number of nitrogens with one attached hydrogen (secondary N) is 1. The minimum absolute atomic E-state index is 0.195. The number of benzene rings is 1. The zero-order chi connectivity index (χ0) is 13.2. The molecule has 0 atom stereocenters. The molecule has 0 bridgehead atoms. The third-order valence-electron chi connectivity index (χ3n) is 3.15. The van der Waals surface area contributed by atoms with E-state index in [0.29, 0.717) is 0 Å². The molecule has 0 aliphatic rings. The van der Waals surface area contributed by atoms with Crippen LogP contribution in [0, 0.1) is 6.92 Å². The fourth-order valence-corrected chi connectivity index (χ4v) is 1.77. The predicted octanol–water partition coefficient (Wildman–Crippen LogP) is 3.38. The van der Waals surface area contributed by atoms with Crippen LogP contribution in [0.15, 0.2) is 30.3 Å². The van der Waals surface area contributed by atoms with Crippen LogP contribution in [0.2, 0.25) is 0 Å². The van der Waals surface area contributed by atoms with E-state index in [2.05, 4.69) is 43.2 Å². The number of pyridine rings is 1. The largest absolute Gasteiger partial charge is 0.377 e. The Morgan fingerprint density at radius 1 is 1.28 bits per heavy atom. The minimum Gasteiger partial charge on any atom is -0.377 e. The molecule has 0 aliphatic heterocycles. The summed E-state index contributed by atoms with van der Waals surface area (Å²) in [4.78, 5) is 4.65. The molecule has 0 radical (unpaired) electrons. The molecule has 3 nitrogen and oxygen atoms in total. The lowest BCUT2D eigenvalue weighted by molar-refractivity contribution is 0.0343. The Kier molecular flexibility index (Phi) is 3.53. The molecule has 96 valence electrons. The summed E-state index contributed by atoms with van der Waals surface area (Å²) in [5.41, 5.74) is 1.97. The van der Waals surface area contributed by atoms with Crippen LogP contribution in [0.5, 0.6) is 0 Å². The first-order valence-electron chi connectivity index (χ1n) is 6.17. The van der Waals surface area contributed by atoms with Gasteiger partial charge in [-0.05, 0) is 38.5 Å². The SMILES string of the molecule is COC(C)(C)CNc1nc2ccccc2cc1C. The molecule has 2 aromatic rings. The van der Waals surface area contributed by atoms with Crippen LogP contribution in [-0.2, 0) is 4.74 Å².